The van der Waals surface area contributed by atoms with Crippen molar-refractivity contribution in [2.24, 2.45) is 0 Å². The largest absolute Gasteiger partial charge is 0.462 e. The number of nitrogens with one attached hydrogen (secondary N) is 1. The maximum Gasteiger partial charge on any atom is 0.340 e. The monoisotopic (exact) mass is 249 g/mol. The Morgan fingerprint density at radius 2 is 2.06 bits per heavy atom. The third-order valence-electron chi connectivity index (χ3n) is 2.59. The molecular formula is C14H19NO3. The Morgan fingerprint density at radius 3 is 2.78 bits per heavy atom. The van der Waals surface area contributed by atoms with Crippen molar-refractivity contribution in [3.63, 3.8) is 0 Å². The van der Waals surface area contributed by atoms with Gasteiger partial charge in [0.15, 0.2) is 0 Å². The number of hydrogen-bond donors (Lipinski definition) is 1. The number of carbonyl (C=O) groups excluding carboxylic acids is 2. The van der Waals surface area contributed by atoms with Gasteiger partial charge < -0.3 is 10.1 Å². The van der Waals surface area contributed by atoms with Gasteiger partial charge in [0.2, 0.25) is 6.41 Å². The topological polar surface area (TPSA) is 55.4 Å². The van der Waals surface area contributed by atoms with Gasteiger partial charge in [-0.3, -0.25) is 4.79 Å². The molecule has 0 spiro atoms. The number of rotatable bonds is 8. The number of para-hydroxylation sites is 1. The molecule has 0 heterocycles. The summed E-state index contributed by atoms with van der Waals surface area (Å²) in [5, 5.41) is 2.49. The number of carbonyl (C=O) groups is 2. The van der Waals surface area contributed by atoms with Crippen LogP contribution in [-0.2, 0) is 9.53 Å². The first-order chi connectivity index (χ1) is 8.79. The lowest BCUT2D eigenvalue weighted by molar-refractivity contribution is -0.105. The number of anilines is 1. The van der Waals surface area contributed by atoms with E-state index < -0.39 is 5.97 Å². The van der Waals surface area contributed by atoms with Gasteiger partial charge in [-0.2, -0.15) is 0 Å². The van der Waals surface area contributed by atoms with Gasteiger partial charge in [-0.25, -0.2) is 4.79 Å². The SMILES string of the molecule is CCCCCCOC(=O)c1ccccc1NC=O. The summed E-state index contributed by atoms with van der Waals surface area (Å²) in [4.78, 5) is 22.2. The fraction of sp³-hybridized carbons (Fsp3) is 0.429. The molecule has 0 aliphatic carbocycles. The highest BCUT2D eigenvalue weighted by Crippen LogP contribution is 2.15. The van der Waals surface area contributed by atoms with Crippen LogP contribution in [0.25, 0.3) is 0 Å². The van der Waals surface area contributed by atoms with Crippen molar-refractivity contribution in [1.82, 2.24) is 0 Å². The molecule has 0 atom stereocenters. The van der Waals surface area contributed by atoms with Crippen LogP contribution in [-0.4, -0.2) is 19.0 Å². The highest BCUT2D eigenvalue weighted by Gasteiger charge is 2.11. The third-order valence-corrected chi connectivity index (χ3v) is 2.59. The number of hydrogen-bond acceptors (Lipinski definition) is 3. The summed E-state index contributed by atoms with van der Waals surface area (Å²) in [6.07, 6.45) is 4.80. The number of unbranched alkanes of at least 4 members (excludes halogenated alkanes) is 3. The van der Waals surface area contributed by atoms with Gasteiger partial charge in [-0.05, 0) is 18.6 Å². The molecule has 1 amide bonds. The predicted octanol–water partition coefficient (Wildman–Crippen LogP) is 2.99. The average Bonchev–Trinajstić information content (AvgIpc) is 2.39. The molecule has 4 heteroatoms. The highest BCUT2D eigenvalue weighted by atomic mass is 16.5. The van der Waals surface area contributed by atoms with Crippen LogP contribution >= 0.6 is 0 Å². The van der Waals surface area contributed by atoms with Crippen molar-refractivity contribution < 1.29 is 14.3 Å². The van der Waals surface area contributed by atoms with Crippen molar-refractivity contribution in [3.8, 4) is 0 Å². The Morgan fingerprint density at radius 1 is 1.28 bits per heavy atom. The van der Waals surface area contributed by atoms with Crippen LogP contribution in [0.2, 0.25) is 0 Å². The number of ether oxygens (including phenoxy) is 1. The van der Waals surface area contributed by atoms with E-state index in [0.29, 0.717) is 24.3 Å². The van der Waals surface area contributed by atoms with E-state index in [2.05, 4.69) is 12.2 Å². The number of esters is 1. The van der Waals surface area contributed by atoms with E-state index >= 15 is 0 Å². The summed E-state index contributed by atoms with van der Waals surface area (Å²) in [5.41, 5.74) is 0.867. The molecule has 1 N–H and O–H groups in total. The summed E-state index contributed by atoms with van der Waals surface area (Å²) in [6, 6.07) is 6.80. The normalized spacial score (nSPS) is 9.83. The minimum atomic E-state index is -0.392. The molecule has 0 saturated carbocycles. The first-order valence-corrected chi connectivity index (χ1v) is 6.26. The van der Waals surface area contributed by atoms with E-state index in [1.165, 1.54) is 0 Å². The minimum Gasteiger partial charge on any atom is -0.462 e. The van der Waals surface area contributed by atoms with E-state index in [-0.39, 0.29) is 0 Å². The summed E-state index contributed by atoms with van der Waals surface area (Å²) in [6.45, 7) is 2.56. The van der Waals surface area contributed by atoms with Crippen LogP contribution in [0.5, 0.6) is 0 Å². The Labute approximate surface area is 107 Å². The summed E-state index contributed by atoms with van der Waals surface area (Å²) in [5.74, 6) is -0.392. The van der Waals surface area contributed by atoms with Gasteiger partial charge >= 0.3 is 5.97 Å². The fourth-order valence-corrected chi connectivity index (χ4v) is 1.62. The molecule has 0 aromatic heterocycles. The van der Waals surface area contributed by atoms with Crippen LogP contribution in [0.3, 0.4) is 0 Å². The van der Waals surface area contributed by atoms with E-state index in [0.717, 1.165) is 25.7 Å². The summed E-state index contributed by atoms with van der Waals surface area (Å²) in [7, 11) is 0. The Bertz CT molecular complexity index is 390. The van der Waals surface area contributed by atoms with Crippen LogP contribution in [0.4, 0.5) is 5.69 Å². The van der Waals surface area contributed by atoms with E-state index in [4.69, 9.17) is 4.74 Å². The molecule has 0 fully saturated rings. The van der Waals surface area contributed by atoms with E-state index in [1.807, 2.05) is 0 Å². The van der Waals surface area contributed by atoms with Crippen molar-refractivity contribution in [2.45, 2.75) is 32.6 Å². The second kappa shape index (κ2) is 8.28. The van der Waals surface area contributed by atoms with Crippen molar-refractivity contribution >= 4 is 18.1 Å². The summed E-state index contributed by atoms with van der Waals surface area (Å²) < 4.78 is 5.17. The van der Waals surface area contributed by atoms with Crippen LogP contribution in [0.1, 0.15) is 43.0 Å². The molecule has 18 heavy (non-hydrogen) atoms. The van der Waals surface area contributed by atoms with E-state index in [1.54, 1.807) is 24.3 Å². The van der Waals surface area contributed by atoms with Gasteiger partial charge in [0, 0.05) is 0 Å². The minimum absolute atomic E-state index is 0.389. The molecule has 0 bridgehead atoms. The zero-order chi connectivity index (χ0) is 13.2. The van der Waals surface area contributed by atoms with Crippen molar-refractivity contribution in [1.29, 1.82) is 0 Å². The number of amides is 1. The average molecular weight is 249 g/mol. The molecule has 1 aromatic rings. The van der Waals surface area contributed by atoms with Crippen LogP contribution in [0.15, 0.2) is 24.3 Å². The molecule has 0 unspecified atom stereocenters. The smallest absolute Gasteiger partial charge is 0.340 e. The first kappa shape index (κ1) is 14.2. The second-order valence-corrected chi connectivity index (χ2v) is 4.00. The molecule has 0 saturated heterocycles. The molecule has 0 radical (unpaired) electrons. The van der Waals surface area contributed by atoms with Crippen LogP contribution in [0, 0.1) is 0 Å². The standard InChI is InChI=1S/C14H19NO3/c1-2-3-4-7-10-18-14(17)12-8-5-6-9-13(12)15-11-16/h5-6,8-9,11H,2-4,7,10H2,1H3,(H,15,16). The van der Waals surface area contributed by atoms with Gasteiger partial charge in [0.25, 0.3) is 0 Å². The molecule has 4 nitrogen and oxygen atoms in total. The van der Waals surface area contributed by atoms with Gasteiger partial charge in [0.05, 0.1) is 17.9 Å². The lowest BCUT2D eigenvalue weighted by Crippen LogP contribution is -2.10. The van der Waals surface area contributed by atoms with Crippen LogP contribution < -0.4 is 5.32 Å². The zero-order valence-corrected chi connectivity index (χ0v) is 10.6. The van der Waals surface area contributed by atoms with Gasteiger partial charge in [-0.1, -0.05) is 38.3 Å². The number of benzene rings is 1. The highest BCUT2D eigenvalue weighted by molar-refractivity contribution is 5.97. The lowest BCUT2D eigenvalue weighted by atomic mass is 10.2. The van der Waals surface area contributed by atoms with E-state index in [9.17, 15) is 9.59 Å². The van der Waals surface area contributed by atoms with Gasteiger partial charge in [-0.15, -0.1) is 0 Å². The lowest BCUT2D eigenvalue weighted by Gasteiger charge is -2.08. The molecule has 0 aliphatic rings. The Balaban J connectivity index is 2.48. The third kappa shape index (κ3) is 4.57. The summed E-state index contributed by atoms with van der Waals surface area (Å²) >= 11 is 0. The Kier molecular flexibility index (Phi) is 6.54. The molecule has 1 aromatic carbocycles. The quantitative estimate of drug-likeness (QED) is 0.438. The molecule has 98 valence electrons. The Hall–Kier alpha value is -1.84. The molecular weight excluding hydrogens is 230 g/mol. The van der Waals surface area contributed by atoms with Crippen molar-refractivity contribution in [2.75, 3.05) is 11.9 Å². The maximum atomic E-state index is 11.8. The molecule has 1 rings (SSSR count). The first-order valence-electron chi connectivity index (χ1n) is 6.26. The maximum absolute atomic E-state index is 11.8. The van der Waals surface area contributed by atoms with Gasteiger partial charge in [0.1, 0.15) is 0 Å². The molecule has 0 aliphatic heterocycles. The van der Waals surface area contributed by atoms with Crippen molar-refractivity contribution in [3.05, 3.63) is 29.8 Å². The second-order valence-electron chi connectivity index (χ2n) is 4.00. The fourth-order valence-electron chi connectivity index (χ4n) is 1.62. The predicted molar refractivity (Wildman–Crippen MR) is 70.6 cm³/mol. The zero-order valence-electron chi connectivity index (χ0n) is 10.6.